The maximum atomic E-state index is 12.5. The molecule has 0 N–H and O–H groups in total. The van der Waals surface area contributed by atoms with E-state index >= 15 is 0 Å². The van der Waals surface area contributed by atoms with Crippen LogP contribution in [0.2, 0.25) is 0 Å². The van der Waals surface area contributed by atoms with E-state index in [0.29, 0.717) is 6.67 Å². The molecule has 8 nitrogen and oxygen atoms in total. The Kier molecular flexibility index (Phi) is 7.33. The van der Waals surface area contributed by atoms with Gasteiger partial charge in [-0.05, 0) is 77.7 Å². The first-order valence-corrected chi connectivity index (χ1v) is 12.7. The van der Waals surface area contributed by atoms with E-state index in [-0.39, 0.29) is 12.1 Å². The number of nitrogens with zero attached hydrogens (tertiary/aromatic N) is 6. The molecule has 9 heteroatoms. The van der Waals surface area contributed by atoms with Crippen molar-refractivity contribution in [2.75, 3.05) is 38.1 Å². The van der Waals surface area contributed by atoms with Crippen LogP contribution in [-0.2, 0) is 11.4 Å². The number of benzene rings is 1. The summed E-state index contributed by atoms with van der Waals surface area (Å²) in [5, 5.41) is 4.98. The number of likely N-dealkylation sites (tertiary alicyclic amines) is 1. The lowest BCUT2D eigenvalue weighted by Crippen LogP contribution is -2.47. The summed E-state index contributed by atoms with van der Waals surface area (Å²) < 4.78 is 10.3. The van der Waals surface area contributed by atoms with Crippen LogP contribution in [0.25, 0.3) is 5.69 Å². The molecule has 0 aliphatic carbocycles. The van der Waals surface area contributed by atoms with Gasteiger partial charge in [0.25, 0.3) is 0 Å². The highest BCUT2D eigenvalue weighted by Crippen LogP contribution is 2.25. The standard InChI is InChI=1S/C25H38N6O2S/c1-19-8-10-21(11-9-19)31-22(29-14-6-7-15-29)26-30(23(31)34)18-28-16-12-20(13-17-28)27(5)24(32)33-25(2,3)4/h8-11,20H,6-7,12-18H2,1-5H3. The average Bonchev–Trinajstić information content (AvgIpc) is 3.42. The number of carbonyl (C=O) groups is 1. The van der Waals surface area contributed by atoms with Crippen molar-refractivity contribution in [3.63, 3.8) is 0 Å². The number of aryl methyl sites for hydroxylation is 1. The highest BCUT2D eigenvalue weighted by Gasteiger charge is 2.29. The molecule has 0 radical (unpaired) electrons. The van der Waals surface area contributed by atoms with Gasteiger partial charge in [-0.25, -0.2) is 9.48 Å². The number of anilines is 1. The van der Waals surface area contributed by atoms with E-state index in [1.165, 1.54) is 18.4 Å². The summed E-state index contributed by atoms with van der Waals surface area (Å²) >= 11 is 5.92. The third kappa shape index (κ3) is 5.63. The molecule has 0 unspecified atom stereocenters. The Hall–Kier alpha value is -2.39. The molecule has 1 aromatic carbocycles. The lowest BCUT2D eigenvalue weighted by molar-refractivity contribution is 0.0135. The van der Waals surface area contributed by atoms with Gasteiger partial charge in [0.05, 0.1) is 12.4 Å². The lowest BCUT2D eigenvalue weighted by atomic mass is 10.0. The van der Waals surface area contributed by atoms with Crippen molar-refractivity contribution in [3.8, 4) is 5.69 Å². The van der Waals surface area contributed by atoms with Crippen LogP contribution in [0.5, 0.6) is 0 Å². The van der Waals surface area contributed by atoms with Crippen LogP contribution in [0.4, 0.5) is 10.7 Å². The van der Waals surface area contributed by atoms with Gasteiger partial charge >= 0.3 is 6.09 Å². The molecular weight excluding hydrogens is 448 g/mol. The molecule has 4 rings (SSSR count). The van der Waals surface area contributed by atoms with Gasteiger partial charge in [-0.15, -0.1) is 5.10 Å². The summed E-state index contributed by atoms with van der Waals surface area (Å²) in [4.78, 5) is 18.9. The van der Waals surface area contributed by atoms with Crippen LogP contribution in [-0.4, -0.2) is 75.1 Å². The minimum Gasteiger partial charge on any atom is -0.444 e. The first kappa shape index (κ1) is 24.7. The molecule has 0 spiro atoms. The van der Waals surface area contributed by atoms with Crippen LogP contribution in [0.1, 0.15) is 52.0 Å². The van der Waals surface area contributed by atoms with Crippen molar-refractivity contribution in [1.29, 1.82) is 0 Å². The summed E-state index contributed by atoms with van der Waals surface area (Å²) in [6.07, 6.45) is 3.93. The van der Waals surface area contributed by atoms with Gasteiger partial charge in [-0.3, -0.25) is 9.47 Å². The van der Waals surface area contributed by atoms with Crippen molar-refractivity contribution in [2.45, 2.75) is 71.7 Å². The minimum atomic E-state index is -0.480. The number of aromatic nitrogens is 3. The Morgan fingerprint density at radius 2 is 1.74 bits per heavy atom. The van der Waals surface area contributed by atoms with Crippen LogP contribution in [0.15, 0.2) is 24.3 Å². The van der Waals surface area contributed by atoms with Gasteiger partial charge < -0.3 is 14.5 Å². The molecule has 2 aliphatic rings. The third-order valence-electron chi connectivity index (χ3n) is 6.62. The quantitative estimate of drug-likeness (QED) is 0.576. The van der Waals surface area contributed by atoms with E-state index in [2.05, 4.69) is 45.6 Å². The van der Waals surface area contributed by atoms with Crippen molar-refractivity contribution in [3.05, 3.63) is 34.6 Å². The summed E-state index contributed by atoms with van der Waals surface area (Å²) in [7, 11) is 1.84. The molecule has 1 amide bonds. The van der Waals surface area contributed by atoms with Gasteiger partial charge in [-0.1, -0.05) is 17.7 Å². The predicted molar refractivity (Wildman–Crippen MR) is 137 cm³/mol. The normalized spacial score (nSPS) is 17.9. The highest BCUT2D eigenvalue weighted by molar-refractivity contribution is 7.71. The molecule has 1 aromatic heterocycles. The first-order valence-electron chi connectivity index (χ1n) is 12.3. The molecule has 0 saturated carbocycles. The number of carbonyl (C=O) groups excluding carboxylic acids is 1. The fourth-order valence-corrected chi connectivity index (χ4v) is 4.94. The van der Waals surface area contributed by atoms with Crippen LogP contribution in [0, 0.1) is 11.7 Å². The van der Waals surface area contributed by atoms with Gasteiger partial charge in [0.1, 0.15) is 5.60 Å². The largest absolute Gasteiger partial charge is 0.444 e. The number of piperidine rings is 1. The molecule has 3 heterocycles. The molecular formula is C25H38N6O2S. The minimum absolute atomic E-state index is 0.185. The number of hydrogen-bond donors (Lipinski definition) is 0. The van der Waals surface area contributed by atoms with E-state index in [1.54, 1.807) is 4.90 Å². The Morgan fingerprint density at radius 3 is 2.32 bits per heavy atom. The number of ether oxygens (including phenoxy) is 1. The van der Waals surface area contributed by atoms with Crippen LogP contribution in [0.3, 0.4) is 0 Å². The molecule has 2 saturated heterocycles. The maximum absolute atomic E-state index is 12.5. The molecule has 0 atom stereocenters. The predicted octanol–water partition coefficient (Wildman–Crippen LogP) is 4.60. The van der Waals surface area contributed by atoms with Gasteiger partial charge in [0.2, 0.25) is 10.7 Å². The molecule has 2 fully saturated rings. The van der Waals surface area contributed by atoms with Crippen LogP contribution < -0.4 is 4.90 Å². The van der Waals surface area contributed by atoms with Crippen molar-refractivity contribution >= 4 is 24.3 Å². The second kappa shape index (κ2) is 10.1. The summed E-state index contributed by atoms with van der Waals surface area (Å²) in [6, 6.07) is 8.66. The second-order valence-electron chi connectivity index (χ2n) is 10.5. The monoisotopic (exact) mass is 486 g/mol. The zero-order valence-corrected chi connectivity index (χ0v) is 22.0. The smallest absolute Gasteiger partial charge is 0.410 e. The fraction of sp³-hybridized carbons (Fsp3) is 0.640. The molecule has 2 aliphatic heterocycles. The number of rotatable bonds is 5. The van der Waals surface area contributed by atoms with Crippen molar-refractivity contribution in [2.24, 2.45) is 0 Å². The summed E-state index contributed by atoms with van der Waals surface area (Å²) in [5.74, 6) is 0.936. The van der Waals surface area contributed by atoms with Gasteiger partial charge in [-0.2, -0.15) is 0 Å². The zero-order valence-electron chi connectivity index (χ0n) is 21.2. The Labute approximate surface area is 208 Å². The second-order valence-corrected chi connectivity index (χ2v) is 10.9. The van der Waals surface area contributed by atoms with Gasteiger partial charge in [0.15, 0.2) is 0 Å². The van der Waals surface area contributed by atoms with Crippen LogP contribution >= 0.6 is 12.2 Å². The van der Waals surface area contributed by atoms with E-state index in [0.717, 1.165) is 55.4 Å². The molecule has 2 aromatic rings. The van der Waals surface area contributed by atoms with Crippen molar-refractivity contribution in [1.82, 2.24) is 24.1 Å². The Bertz CT molecular complexity index is 1040. The van der Waals surface area contributed by atoms with E-state index in [9.17, 15) is 4.79 Å². The zero-order chi connectivity index (χ0) is 24.5. The topological polar surface area (TPSA) is 58.8 Å². The Balaban J connectivity index is 1.46. The summed E-state index contributed by atoms with van der Waals surface area (Å²) in [6.45, 7) is 12.2. The first-order chi connectivity index (χ1) is 16.1. The molecule has 34 heavy (non-hydrogen) atoms. The van der Waals surface area contributed by atoms with Crippen molar-refractivity contribution < 1.29 is 9.53 Å². The number of amides is 1. The maximum Gasteiger partial charge on any atom is 0.410 e. The third-order valence-corrected chi connectivity index (χ3v) is 7.02. The average molecular weight is 487 g/mol. The Morgan fingerprint density at radius 1 is 1.12 bits per heavy atom. The van der Waals surface area contributed by atoms with E-state index in [4.69, 9.17) is 22.1 Å². The highest BCUT2D eigenvalue weighted by atomic mass is 32.1. The van der Waals surface area contributed by atoms with E-state index < -0.39 is 5.60 Å². The molecule has 186 valence electrons. The molecule has 0 bridgehead atoms. The van der Waals surface area contributed by atoms with E-state index in [1.807, 2.05) is 32.5 Å². The van der Waals surface area contributed by atoms with Gasteiger partial charge in [0, 0.05) is 39.3 Å². The fourth-order valence-electron chi connectivity index (χ4n) is 4.65. The number of hydrogen-bond acceptors (Lipinski definition) is 6. The SMILES string of the molecule is Cc1ccc(-n2c(N3CCCC3)nn(CN3CCC(N(C)C(=O)OC(C)(C)C)CC3)c2=S)cc1. The summed E-state index contributed by atoms with van der Waals surface area (Å²) in [5.41, 5.74) is 1.80. The lowest BCUT2D eigenvalue weighted by Gasteiger charge is -2.37.